The summed E-state index contributed by atoms with van der Waals surface area (Å²) in [6, 6.07) is 7.17. The molecule has 0 fully saturated rings. The van der Waals surface area contributed by atoms with Crippen molar-refractivity contribution in [2.24, 2.45) is 11.7 Å². The topological polar surface area (TPSA) is 92.4 Å². The fourth-order valence-corrected chi connectivity index (χ4v) is 2.30. The number of carboxylic acid groups (broad SMARTS) is 1. The van der Waals surface area contributed by atoms with E-state index in [1.165, 1.54) is 0 Å². The highest BCUT2D eigenvalue weighted by Gasteiger charge is 2.22. The molecule has 1 aliphatic carbocycles. The summed E-state index contributed by atoms with van der Waals surface area (Å²) in [5.41, 5.74) is 7.27. The summed E-state index contributed by atoms with van der Waals surface area (Å²) in [6.45, 7) is 0.335. The molecule has 1 aromatic carbocycles. The van der Waals surface area contributed by atoms with E-state index in [-0.39, 0.29) is 24.3 Å². The first-order valence-electron chi connectivity index (χ1n) is 6.56. The van der Waals surface area contributed by atoms with Crippen molar-refractivity contribution in [2.45, 2.75) is 25.4 Å². The second-order valence-electron chi connectivity index (χ2n) is 4.95. The van der Waals surface area contributed by atoms with Gasteiger partial charge < -0.3 is 16.2 Å². The second kappa shape index (κ2) is 6.34. The van der Waals surface area contributed by atoms with E-state index < -0.39 is 5.97 Å². The molecule has 2 rings (SSSR count). The fraction of sp³-hybridized carbons (Fsp3) is 0.333. The molecule has 1 amide bonds. The van der Waals surface area contributed by atoms with Crippen LogP contribution in [0.4, 0.5) is 0 Å². The average molecular weight is 274 g/mol. The van der Waals surface area contributed by atoms with Crippen molar-refractivity contribution in [3.8, 4) is 0 Å². The lowest BCUT2D eigenvalue weighted by atomic mass is 10.0. The molecule has 2 unspecified atom stereocenters. The Balaban J connectivity index is 1.95. The summed E-state index contributed by atoms with van der Waals surface area (Å²) < 4.78 is 0. The molecule has 0 radical (unpaired) electrons. The molecule has 0 saturated heterocycles. The van der Waals surface area contributed by atoms with Crippen molar-refractivity contribution in [1.29, 1.82) is 0 Å². The van der Waals surface area contributed by atoms with Crippen molar-refractivity contribution >= 4 is 11.9 Å². The van der Waals surface area contributed by atoms with Crippen LogP contribution in [0.25, 0.3) is 0 Å². The van der Waals surface area contributed by atoms with Crippen LogP contribution in [0, 0.1) is 5.92 Å². The van der Waals surface area contributed by atoms with Crippen LogP contribution in [-0.4, -0.2) is 23.0 Å². The standard InChI is InChI=1S/C15H18N2O3/c16-13-6-5-11(7-13)15(20)17-9-12-4-2-1-3-10(12)8-14(18)19/h1-6,11,13H,7-9,16H2,(H,17,20)(H,18,19). The van der Waals surface area contributed by atoms with Gasteiger partial charge in [0.05, 0.1) is 12.3 Å². The minimum absolute atomic E-state index is 0.0414. The second-order valence-corrected chi connectivity index (χ2v) is 4.95. The Hall–Kier alpha value is -2.14. The number of carbonyl (C=O) groups excluding carboxylic acids is 1. The molecule has 0 spiro atoms. The third-order valence-corrected chi connectivity index (χ3v) is 3.37. The van der Waals surface area contributed by atoms with E-state index in [1.54, 1.807) is 12.1 Å². The van der Waals surface area contributed by atoms with Gasteiger partial charge in [-0.1, -0.05) is 36.4 Å². The molecule has 0 bridgehead atoms. The lowest BCUT2D eigenvalue weighted by molar-refractivity contribution is -0.136. The van der Waals surface area contributed by atoms with Crippen LogP contribution < -0.4 is 11.1 Å². The first kappa shape index (κ1) is 14.3. The highest BCUT2D eigenvalue weighted by atomic mass is 16.4. The number of hydrogen-bond donors (Lipinski definition) is 3. The molecule has 20 heavy (non-hydrogen) atoms. The Bertz CT molecular complexity index is 540. The molecule has 1 aromatic rings. The van der Waals surface area contributed by atoms with E-state index >= 15 is 0 Å². The summed E-state index contributed by atoms with van der Waals surface area (Å²) >= 11 is 0. The molecular weight excluding hydrogens is 256 g/mol. The largest absolute Gasteiger partial charge is 0.481 e. The van der Waals surface area contributed by atoms with Gasteiger partial charge in [0.25, 0.3) is 0 Å². The summed E-state index contributed by atoms with van der Waals surface area (Å²) in [5, 5.41) is 11.7. The molecule has 2 atom stereocenters. The normalized spacial score (nSPS) is 20.9. The minimum Gasteiger partial charge on any atom is -0.481 e. The summed E-state index contributed by atoms with van der Waals surface area (Å²) in [4.78, 5) is 22.8. The van der Waals surface area contributed by atoms with Crippen LogP contribution in [0.3, 0.4) is 0 Å². The molecule has 0 aromatic heterocycles. The fourth-order valence-electron chi connectivity index (χ4n) is 2.30. The molecule has 5 heteroatoms. The van der Waals surface area contributed by atoms with Crippen LogP contribution in [0.2, 0.25) is 0 Å². The third-order valence-electron chi connectivity index (χ3n) is 3.37. The number of nitrogens with two attached hydrogens (primary N) is 1. The van der Waals surface area contributed by atoms with Crippen molar-refractivity contribution in [1.82, 2.24) is 5.32 Å². The van der Waals surface area contributed by atoms with Crippen LogP contribution >= 0.6 is 0 Å². The SMILES string of the molecule is NC1C=CC(C(=O)NCc2ccccc2CC(=O)O)C1. The maximum absolute atomic E-state index is 12.0. The maximum atomic E-state index is 12.0. The molecular formula is C15H18N2O3. The Kier molecular flexibility index (Phi) is 4.53. The number of amides is 1. The van der Waals surface area contributed by atoms with Crippen LogP contribution in [-0.2, 0) is 22.6 Å². The predicted octanol–water partition coefficient (Wildman–Crippen LogP) is 0.833. The molecule has 106 valence electrons. The smallest absolute Gasteiger partial charge is 0.307 e. The Morgan fingerprint density at radius 2 is 1.95 bits per heavy atom. The molecule has 0 saturated carbocycles. The van der Waals surface area contributed by atoms with Gasteiger partial charge in [-0.25, -0.2) is 0 Å². The zero-order chi connectivity index (χ0) is 14.5. The molecule has 1 aliphatic rings. The number of nitrogens with one attached hydrogen (secondary N) is 1. The Morgan fingerprint density at radius 3 is 2.55 bits per heavy atom. The quantitative estimate of drug-likeness (QED) is 0.693. The van der Waals surface area contributed by atoms with E-state index in [1.807, 2.05) is 24.3 Å². The van der Waals surface area contributed by atoms with E-state index in [2.05, 4.69) is 5.32 Å². The number of aliphatic carboxylic acids is 1. The number of carbonyl (C=O) groups is 2. The first-order valence-corrected chi connectivity index (χ1v) is 6.56. The summed E-state index contributed by atoms with van der Waals surface area (Å²) in [7, 11) is 0. The van der Waals surface area contributed by atoms with Gasteiger partial charge in [-0.2, -0.15) is 0 Å². The average Bonchev–Trinajstić information content (AvgIpc) is 2.83. The Labute approximate surface area is 117 Å². The number of benzene rings is 1. The van der Waals surface area contributed by atoms with Crippen molar-refractivity contribution in [3.05, 3.63) is 47.5 Å². The molecule has 0 heterocycles. The zero-order valence-corrected chi connectivity index (χ0v) is 11.1. The van der Waals surface area contributed by atoms with Gasteiger partial charge in [-0.05, 0) is 17.5 Å². The monoisotopic (exact) mass is 274 g/mol. The highest BCUT2D eigenvalue weighted by molar-refractivity contribution is 5.81. The number of carboxylic acids is 1. The highest BCUT2D eigenvalue weighted by Crippen LogP contribution is 2.17. The molecule has 0 aliphatic heterocycles. The van der Waals surface area contributed by atoms with Gasteiger partial charge >= 0.3 is 5.97 Å². The first-order chi connectivity index (χ1) is 9.56. The zero-order valence-electron chi connectivity index (χ0n) is 11.1. The molecule has 4 N–H and O–H groups in total. The Morgan fingerprint density at radius 1 is 1.25 bits per heavy atom. The maximum Gasteiger partial charge on any atom is 0.307 e. The van der Waals surface area contributed by atoms with E-state index in [9.17, 15) is 9.59 Å². The van der Waals surface area contributed by atoms with Crippen molar-refractivity contribution < 1.29 is 14.7 Å². The lowest BCUT2D eigenvalue weighted by Crippen LogP contribution is -2.30. The van der Waals surface area contributed by atoms with Crippen molar-refractivity contribution in [3.63, 3.8) is 0 Å². The van der Waals surface area contributed by atoms with Gasteiger partial charge in [-0.15, -0.1) is 0 Å². The van der Waals surface area contributed by atoms with E-state index in [0.29, 0.717) is 13.0 Å². The minimum atomic E-state index is -0.881. The lowest BCUT2D eigenvalue weighted by Gasteiger charge is -2.12. The number of rotatable bonds is 5. The summed E-state index contributed by atoms with van der Waals surface area (Å²) in [5.74, 6) is -1.13. The van der Waals surface area contributed by atoms with Crippen molar-refractivity contribution in [2.75, 3.05) is 0 Å². The van der Waals surface area contributed by atoms with Gasteiger partial charge in [0.2, 0.25) is 5.91 Å². The van der Waals surface area contributed by atoms with Gasteiger partial charge in [0, 0.05) is 12.6 Å². The van der Waals surface area contributed by atoms with Gasteiger partial charge in [-0.3, -0.25) is 9.59 Å². The van der Waals surface area contributed by atoms with Crippen LogP contribution in [0.15, 0.2) is 36.4 Å². The third kappa shape index (κ3) is 3.68. The number of hydrogen-bond acceptors (Lipinski definition) is 3. The van der Waals surface area contributed by atoms with Gasteiger partial charge in [0.1, 0.15) is 0 Å². The summed E-state index contributed by atoms with van der Waals surface area (Å²) in [6.07, 6.45) is 4.24. The van der Waals surface area contributed by atoms with E-state index in [0.717, 1.165) is 11.1 Å². The predicted molar refractivity (Wildman–Crippen MR) is 74.9 cm³/mol. The van der Waals surface area contributed by atoms with Gasteiger partial charge in [0.15, 0.2) is 0 Å². The van der Waals surface area contributed by atoms with Crippen LogP contribution in [0.5, 0.6) is 0 Å². The molecule has 5 nitrogen and oxygen atoms in total. The van der Waals surface area contributed by atoms with Crippen LogP contribution in [0.1, 0.15) is 17.5 Å². The van der Waals surface area contributed by atoms with E-state index in [4.69, 9.17) is 10.8 Å².